The number of rotatable bonds is 0. The standard InChI is InChI=1S/2C18H19N4.3C5H5N.2BF4.2Zn/c2*1-3-7-17-15(5-1)13-20-11-9-19-10-12-21-14-16-6-2-4-8-18(16)22-17;3*1-2-4-6-5-3-1;2*2-1(3,4)5;;/h2*1-8,13-14,19H,9-12H2;3*1-5H;;;;/q2*-1;;;;2*-1;2*+2. The normalized spacial score (nSPS) is 12.6. The minimum atomic E-state index is -6.00. The summed E-state index contributed by atoms with van der Waals surface area (Å²) in [5.74, 6) is 0. The molecule has 378 valence electrons. The van der Waals surface area contributed by atoms with Gasteiger partial charge in [0.05, 0.1) is 26.2 Å². The molecule has 0 amide bonds. The number of nitrogens with zero attached hydrogens (tertiary/aromatic N) is 9. The molecule has 3 aromatic heterocycles. The Labute approximate surface area is 452 Å². The maximum Gasteiger partial charge on any atom is 2.00 e. The minimum absolute atomic E-state index is 0. The number of fused-ring (bicyclic) bond motifs is 4. The van der Waals surface area contributed by atoms with Gasteiger partial charge in [-0.3, -0.25) is 34.9 Å². The van der Waals surface area contributed by atoms with Gasteiger partial charge in [-0.25, -0.2) is 0 Å². The Bertz CT molecular complexity index is 2180. The van der Waals surface area contributed by atoms with E-state index in [9.17, 15) is 34.5 Å². The van der Waals surface area contributed by atoms with E-state index in [1.54, 1.807) is 37.2 Å². The molecule has 9 rings (SSSR count). The van der Waals surface area contributed by atoms with E-state index >= 15 is 0 Å². The van der Waals surface area contributed by atoms with Gasteiger partial charge in [0.2, 0.25) is 0 Å². The summed E-state index contributed by atoms with van der Waals surface area (Å²) in [6.07, 6.45) is 18.1. The van der Waals surface area contributed by atoms with Crippen LogP contribution < -0.4 is 10.6 Å². The molecular weight excluding hydrogens is 1070 g/mol. The van der Waals surface area contributed by atoms with E-state index in [4.69, 9.17) is 10.6 Å². The first-order chi connectivity index (χ1) is 34.9. The van der Waals surface area contributed by atoms with Crippen molar-refractivity contribution in [3.05, 3.63) is 222 Å². The summed E-state index contributed by atoms with van der Waals surface area (Å²) >= 11 is 0. The van der Waals surface area contributed by atoms with Crippen LogP contribution in [0, 0.1) is 0 Å². The molecule has 0 atom stereocenters. The third-order valence-corrected chi connectivity index (χ3v) is 8.52. The van der Waals surface area contributed by atoms with Gasteiger partial charge in [0, 0.05) is 88.2 Å². The number of hydrogen-bond donors (Lipinski definition) is 2. The van der Waals surface area contributed by atoms with E-state index in [1.807, 2.05) is 177 Å². The van der Waals surface area contributed by atoms with Crippen molar-refractivity contribution in [2.75, 3.05) is 52.4 Å². The van der Waals surface area contributed by atoms with Crippen molar-refractivity contribution >= 4 is 62.1 Å². The number of halogens is 8. The molecule has 0 bridgehead atoms. The molecule has 7 aromatic rings. The molecule has 0 unspecified atom stereocenters. The molecular formula is C51H53B2F8N11Zn2. The molecule has 5 heterocycles. The van der Waals surface area contributed by atoms with Crippen LogP contribution in [0.1, 0.15) is 22.3 Å². The Hall–Kier alpha value is -6.65. The van der Waals surface area contributed by atoms with Gasteiger partial charge in [-0.1, -0.05) is 115 Å². The largest absolute Gasteiger partial charge is 2.00 e. The maximum atomic E-state index is 9.75. The van der Waals surface area contributed by atoms with E-state index in [-0.39, 0.29) is 39.0 Å². The van der Waals surface area contributed by atoms with E-state index in [2.05, 4.69) is 45.6 Å². The summed E-state index contributed by atoms with van der Waals surface area (Å²) in [7, 11) is -12.0. The number of para-hydroxylation sites is 4. The van der Waals surface area contributed by atoms with Gasteiger partial charge < -0.3 is 55.8 Å². The van der Waals surface area contributed by atoms with Gasteiger partial charge in [0.15, 0.2) is 0 Å². The molecule has 0 radical (unpaired) electrons. The Morgan fingerprint density at radius 1 is 0.311 bits per heavy atom. The SMILES string of the molecule is C1=NCCNCCN=Cc2ccccc2[N-]c2ccccc21.C1=NCCNCCN=Cc2ccccc2[N-]c2ccccc21.F[B-](F)(F)F.F[B-](F)(F)F.[Zn+2].[Zn+2].c1ccncc1.c1ccncc1.c1ccncc1. The molecule has 2 N–H and O–H groups in total. The molecule has 2 aliphatic rings. The van der Waals surface area contributed by atoms with Gasteiger partial charge in [-0.2, -0.15) is 0 Å². The maximum absolute atomic E-state index is 9.75. The van der Waals surface area contributed by atoms with Crippen LogP contribution in [-0.2, 0) is 39.0 Å². The van der Waals surface area contributed by atoms with Crippen LogP contribution in [-0.4, -0.2) is 107 Å². The Balaban J connectivity index is 0.000000482. The van der Waals surface area contributed by atoms with Crippen LogP contribution in [0.5, 0.6) is 0 Å². The van der Waals surface area contributed by atoms with Crippen LogP contribution in [0.4, 0.5) is 57.3 Å². The molecule has 0 fully saturated rings. The summed E-state index contributed by atoms with van der Waals surface area (Å²) in [4.78, 5) is 29.2. The first kappa shape index (κ1) is 65.4. The van der Waals surface area contributed by atoms with E-state index in [0.29, 0.717) is 0 Å². The topological polar surface area (TPSA) is 140 Å². The molecule has 4 aromatic carbocycles. The fourth-order valence-corrected chi connectivity index (χ4v) is 5.47. The smallest absolute Gasteiger partial charge is 0.657 e. The van der Waals surface area contributed by atoms with Crippen molar-refractivity contribution < 1.29 is 73.5 Å². The number of nitrogens with one attached hydrogen (secondary N) is 2. The summed E-state index contributed by atoms with van der Waals surface area (Å²) in [5, 5.41) is 16.3. The molecule has 74 heavy (non-hydrogen) atoms. The number of aliphatic imine (C=N–C) groups is 4. The first-order valence-electron chi connectivity index (χ1n) is 22.4. The fraction of sp³-hybridized carbons (Fsp3) is 0.157. The molecule has 2 aliphatic heterocycles. The molecule has 0 saturated heterocycles. The molecule has 23 heteroatoms. The van der Waals surface area contributed by atoms with Crippen LogP contribution in [0.15, 0.2) is 209 Å². The van der Waals surface area contributed by atoms with Crippen molar-refractivity contribution in [3.63, 3.8) is 0 Å². The van der Waals surface area contributed by atoms with Gasteiger partial charge >= 0.3 is 53.5 Å². The summed E-state index contributed by atoms with van der Waals surface area (Å²) < 4.78 is 78.0. The average molecular weight is 1120 g/mol. The number of aromatic nitrogens is 3. The van der Waals surface area contributed by atoms with Crippen molar-refractivity contribution in [2.24, 2.45) is 20.0 Å². The van der Waals surface area contributed by atoms with Gasteiger partial charge in [0.1, 0.15) is 0 Å². The third-order valence-electron chi connectivity index (χ3n) is 8.52. The van der Waals surface area contributed by atoms with Crippen LogP contribution in [0.3, 0.4) is 0 Å². The first-order valence-corrected chi connectivity index (χ1v) is 22.4. The van der Waals surface area contributed by atoms with Gasteiger partial charge in [0.25, 0.3) is 0 Å². The zero-order valence-corrected chi connectivity index (χ0v) is 46.4. The number of hydrogen-bond acceptors (Lipinski definition) is 9. The summed E-state index contributed by atoms with van der Waals surface area (Å²) in [5.41, 5.74) is 7.85. The number of benzene rings is 4. The van der Waals surface area contributed by atoms with Crippen LogP contribution in [0.2, 0.25) is 0 Å². The Kier molecular flexibility index (Phi) is 36.0. The van der Waals surface area contributed by atoms with Crippen molar-refractivity contribution in [1.29, 1.82) is 0 Å². The second-order valence-corrected chi connectivity index (χ2v) is 14.2. The zero-order chi connectivity index (χ0) is 51.8. The zero-order valence-electron chi connectivity index (χ0n) is 40.5. The Morgan fingerprint density at radius 3 is 0.689 bits per heavy atom. The van der Waals surface area contributed by atoms with Crippen LogP contribution >= 0.6 is 0 Å². The van der Waals surface area contributed by atoms with E-state index in [1.165, 1.54) is 0 Å². The monoisotopic (exact) mass is 1120 g/mol. The van der Waals surface area contributed by atoms with Gasteiger partial charge in [-0.05, 0) is 58.7 Å². The quantitative estimate of drug-likeness (QED) is 0.115. The third kappa shape index (κ3) is 35.5. The van der Waals surface area contributed by atoms with Crippen molar-refractivity contribution in [1.82, 2.24) is 25.6 Å². The second-order valence-electron chi connectivity index (χ2n) is 14.2. The minimum Gasteiger partial charge on any atom is -0.657 e. The molecule has 0 spiro atoms. The molecule has 11 nitrogen and oxygen atoms in total. The molecule has 0 saturated carbocycles. The summed E-state index contributed by atoms with van der Waals surface area (Å²) in [6, 6.07) is 49.4. The second kappa shape index (κ2) is 40.8. The van der Waals surface area contributed by atoms with E-state index in [0.717, 1.165) is 97.4 Å². The predicted octanol–water partition coefficient (Wildman–Crippen LogP) is 12.8. The Morgan fingerprint density at radius 2 is 0.514 bits per heavy atom. The predicted molar refractivity (Wildman–Crippen MR) is 280 cm³/mol. The average Bonchev–Trinajstić information content (AvgIpc) is 3.38. The molecule has 0 aliphatic carbocycles. The van der Waals surface area contributed by atoms with E-state index < -0.39 is 14.5 Å². The number of pyridine rings is 3. The van der Waals surface area contributed by atoms with Crippen molar-refractivity contribution in [2.45, 2.75) is 0 Å². The van der Waals surface area contributed by atoms with Gasteiger partial charge in [-0.15, -0.1) is 22.7 Å². The van der Waals surface area contributed by atoms with Crippen LogP contribution in [0.25, 0.3) is 10.6 Å². The fourth-order valence-electron chi connectivity index (χ4n) is 5.47. The van der Waals surface area contributed by atoms with Crippen molar-refractivity contribution in [3.8, 4) is 0 Å². The summed E-state index contributed by atoms with van der Waals surface area (Å²) in [6.45, 7) is 6.49.